The van der Waals surface area contributed by atoms with Crippen molar-refractivity contribution >= 4 is 38.9 Å². The second kappa shape index (κ2) is 6.49. The molecule has 0 radical (unpaired) electrons. The molecule has 0 saturated heterocycles. The molecule has 110 valence electrons. The van der Waals surface area contributed by atoms with Gasteiger partial charge in [0.15, 0.2) is 0 Å². The predicted molar refractivity (Wildman–Crippen MR) is 85.2 cm³/mol. The Balaban J connectivity index is 1.59. The van der Waals surface area contributed by atoms with E-state index in [-0.39, 0.29) is 5.75 Å². The molecule has 0 aliphatic carbocycles. The van der Waals surface area contributed by atoms with Crippen molar-refractivity contribution in [3.8, 4) is 0 Å². The summed E-state index contributed by atoms with van der Waals surface area (Å²) in [6, 6.07) is 11.8. The molecule has 0 saturated carbocycles. The summed E-state index contributed by atoms with van der Waals surface area (Å²) >= 11 is 2.28. The topological polar surface area (TPSA) is 25.2 Å². The molecule has 3 rings (SSSR count). The number of nitrogens with one attached hydrogen (secondary N) is 1. The van der Waals surface area contributed by atoms with Crippen LogP contribution in [0.25, 0.3) is 10.1 Å². The SMILES string of the molecule is FC(F)SCc1ccc(CNc2ccc3sccc3c2)o1. The van der Waals surface area contributed by atoms with Gasteiger partial charge in [0.2, 0.25) is 0 Å². The summed E-state index contributed by atoms with van der Waals surface area (Å²) in [5.74, 6) is -0.858. The summed E-state index contributed by atoms with van der Waals surface area (Å²) in [5.41, 5.74) is 1.01. The van der Waals surface area contributed by atoms with Crippen molar-refractivity contribution in [3.63, 3.8) is 0 Å². The Labute approximate surface area is 129 Å². The fourth-order valence-electron chi connectivity index (χ4n) is 2.01. The van der Waals surface area contributed by atoms with Gasteiger partial charge in [-0.2, -0.15) is 8.78 Å². The number of hydrogen-bond acceptors (Lipinski definition) is 4. The summed E-state index contributed by atoms with van der Waals surface area (Å²) < 4.78 is 31.0. The molecule has 2 aromatic heterocycles. The molecule has 6 heteroatoms. The first-order valence-electron chi connectivity index (χ1n) is 6.39. The molecular weight excluding hydrogens is 312 g/mol. The first kappa shape index (κ1) is 14.4. The summed E-state index contributed by atoms with van der Waals surface area (Å²) in [7, 11) is 0. The summed E-state index contributed by atoms with van der Waals surface area (Å²) in [5, 5.41) is 6.55. The highest BCUT2D eigenvalue weighted by Gasteiger charge is 2.07. The minimum atomic E-state index is -2.37. The van der Waals surface area contributed by atoms with Gasteiger partial charge < -0.3 is 9.73 Å². The van der Waals surface area contributed by atoms with Crippen molar-refractivity contribution in [2.45, 2.75) is 18.1 Å². The molecule has 21 heavy (non-hydrogen) atoms. The molecule has 0 fully saturated rings. The third-order valence-corrected chi connectivity index (χ3v) is 4.59. The molecule has 0 unspecified atom stereocenters. The zero-order chi connectivity index (χ0) is 14.7. The van der Waals surface area contributed by atoms with Gasteiger partial charge in [-0.05, 0) is 47.2 Å². The van der Waals surface area contributed by atoms with Gasteiger partial charge in [0, 0.05) is 10.4 Å². The molecule has 0 aliphatic rings. The van der Waals surface area contributed by atoms with Crippen molar-refractivity contribution < 1.29 is 13.2 Å². The highest BCUT2D eigenvalue weighted by atomic mass is 32.2. The van der Waals surface area contributed by atoms with Crippen LogP contribution in [-0.2, 0) is 12.3 Å². The Morgan fingerprint density at radius 1 is 1.14 bits per heavy atom. The molecule has 0 atom stereocenters. The van der Waals surface area contributed by atoms with Gasteiger partial charge in [-0.1, -0.05) is 11.8 Å². The lowest BCUT2D eigenvalue weighted by Crippen LogP contribution is -1.97. The van der Waals surface area contributed by atoms with Gasteiger partial charge in [-0.15, -0.1) is 11.3 Å². The Hall–Kier alpha value is -1.53. The smallest absolute Gasteiger partial charge is 0.284 e. The van der Waals surface area contributed by atoms with Gasteiger partial charge in [0.1, 0.15) is 11.5 Å². The van der Waals surface area contributed by atoms with Crippen molar-refractivity contribution in [3.05, 3.63) is 53.3 Å². The van der Waals surface area contributed by atoms with Gasteiger partial charge in [-0.3, -0.25) is 0 Å². The highest BCUT2D eigenvalue weighted by Crippen LogP contribution is 2.25. The quantitative estimate of drug-likeness (QED) is 0.642. The molecule has 0 aliphatic heterocycles. The number of halogens is 2. The third kappa shape index (κ3) is 3.77. The number of rotatable bonds is 6. The second-order valence-corrected chi connectivity index (χ2v) is 6.39. The van der Waals surface area contributed by atoms with Gasteiger partial charge >= 0.3 is 0 Å². The van der Waals surface area contributed by atoms with Crippen LogP contribution in [0.4, 0.5) is 14.5 Å². The maximum Gasteiger partial charge on any atom is 0.284 e. The van der Waals surface area contributed by atoms with E-state index in [2.05, 4.69) is 28.9 Å². The van der Waals surface area contributed by atoms with Gasteiger partial charge in [0.05, 0.1) is 12.3 Å². The Bertz CT molecular complexity index is 723. The zero-order valence-electron chi connectivity index (χ0n) is 11.0. The van der Waals surface area contributed by atoms with Crippen LogP contribution >= 0.6 is 23.1 Å². The number of furan rings is 1. The number of hydrogen-bond donors (Lipinski definition) is 1. The van der Waals surface area contributed by atoms with E-state index in [1.54, 1.807) is 17.4 Å². The number of anilines is 1. The predicted octanol–water partition coefficient (Wildman–Crippen LogP) is 5.56. The fourth-order valence-corrected chi connectivity index (χ4v) is 3.22. The van der Waals surface area contributed by atoms with E-state index in [0.717, 1.165) is 11.4 Å². The van der Waals surface area contributed by atoms with Gasteiger partial charge in [0.25, 0.3) is 5.76 Å². The third-order valence-electron chi connectivity index (χ3n) is 2.99. The molecule has 0 bridgehead atoms. The van der Waals surface area contributed by atoms with Crippen LogP contribution in [0.15, 0.2) is 46.2 Å². The Kier molecular flexibility index (Phi) is 4.45. The lowest BCUT2D eigenvalue weighted by Gasteiger charge is -2.04. The van der Waals surface area contributed by atoms with Crippen LogP contribution in [0.3, 0.4) is 0 Å². The Morgan fingerprint density at radius 2 is 2.00 bits per heavy atom. The zero-order valence-corrected chi connectivity index (χ0v) is 12.6. The van der Waals surface area contributed by atoms with Crippen molar-refractivity contribution in [2.75, 3.05) is 5.32 Å². The first-order chi connectivity index (χ1) is 10.2. The minimum absolute atomic E-state index is 0.193. The van der Waals surface area contributed by atoms with Crippen LogP contribution < -0.4 is 5.32 Å². The molecule has 1 N–H and O–H groups in total. The van der Waals surface area contributed by atoms with E-state index >= 15 is 0 Å². The summed E-state index contributed by atoms with van der Waals surface area (Å²) in [6.45, 7) is 0.537. The molecule has 2 nitrogen and oxygen atoms in total. The molecule has 0 amide bonds. The Morgan fingerprint density at radius 3 is 2.86 bits per heavy atom. The van der Waals surface area contributed by atoms with Crippen LogP contribution in [0.2, 0.25) is 0 Å². The molecule has 2 heterocycles. The average Bonchev–Trinajstić information content (AvgIpc) is 3.11. The van der Waals surface area contributed by atoms with E-state index < -0.39 is 5.76 Å². The van der Waals surface area contributed by atoms with Crippen molar-refractivity contribution in [1.29, 1.82) is 0 Å². The van der Waals surface area contributed by atoms with Crippen molar-refractivity contribution in [1.82, 2.24) is 0 Å². The minimum Gasteiger partial charge on any atom is -0.463 e. The average molecular weight is 325 g/mol. The standard InChI is InChI=1S/C15H13F2NOS2/c16-15(17)21-9-13-3-2-12(19-13)8-18-11-1-4-14-10(7-11)5-6-20-14/h1-7,15,18H,8-9H2. The number of thioether (sulfide) groups is 1. The first-order valence-corrected chi connectivity index (χ1v) is 8.32. The number of thiophene rings is 1. The van der Waals surface area contributed by atoms with Crippen LogP contribution in [0.5, 0.6) is 0 Å². The lowest BCUT2D eigenvalue weighted by atomic mass is 10.2. The van der Waals surface area contributed by atoms with Crippen LogP contribution in [0, 0.1) is 0 Å². The maximum absolute atomic E-state index is 12.1. The lowest BCUT2D eigenvalue weighted by molar-refractivity contribution is 0.251. The van der Waals surface area contributed by atoms with E-state index in [1.165, 1.54) is 10.1 Å². The number of alkyl halides is 2. The fraction of sp³-hybridized carbons (Fsp3) is 0.200. The monoisotopic (exact) mass is 325 g/mol. The molecule has 0 spiro atoms. The normalized spacial score (nSPS) is 11.4. The van der Waals surface area contributed by atoms with E-state index in [4.69, 9.17) is 4.42 Å². The number of fused-ring (bicyclic) bond motifs is 1. The second-order valence-electron chi connectivity index (χ2n) is 4.47. The van der Waals surface area contributed by atoms with Crippen molar-refractivity contribution in [2.24, 2.45) is 0 Å². The summed E-state index contributed by atoms with van der Waals surface area (Å²) in [6.07, 6.45) is 0. The van der Waals surface area contributed by atoms with Crippen LogP contribution in [-0.4, -0.2) is 5.76 Å². The molecule has 3 aromatic rings. The largest absolute Gasteiger partial charge is 0.463 e. The number of benzene rings is 1. The van der Waals surface area contributed by atoms with Gasteiger partial charge in [-0.25, -0.2) is 0 Å². The summed E-state index contributed by atoms with van der Waals surface area (Å²) in [4.78, 5) is 0. The van der Waals surface area contributed by atoms with E-state index in [1.807, 2.05) is 12.1 Å². The van der Waals surface area contributed by atoms with E-state index in [9.17, 15) is 8.78 Å². The highest BCUT2D eigenvalue weighted by molar-refractivity contribution is 7.98. The molecule has 1 aromatic carbocycles. The van der Waals surface area contributed by atoms with E-state index in [0.29, 0.717) is 24.1 Å². The maximum atomic E-state index is 12.1. The van der Waals surface area contributed by atoms with Crippen LogP contribution in [0.1, 0.15) is 11.5 Å². The molecular formula is C15H13F2NOS2.